The molecule has 158 valence electrons. The SMILES string of the molecule is COc1cc(Cl)c(NC(=O)[C@H]2Cc3ccccc3N2C(=O)c2ccccc2)c(OC)c1. The molecule has 0 unspecified atom stereocenters. The zero-order valence-corrected chi connectivity index (χ0v) is 17.8. The number of methoxy groups -OCH3 is 2. The summed E-state index contributed by atoms with van der Waals surface area (Å²) < 4.78 is 10.6. The van der Waals surface area contributed by atoms with E-state index in [-0.39, 0.29) is 16.8 Å². The van der Waals surface area contributed by atoms with Crippen molar-refractivity contribution in [1.29, 1.82) is 0 Å². The first kappa shape index (κ1) is 20.8. The number of para-hydroxylation sites is 1. The molecule has 1 N–H and O–H groups in total. The van der Waals surface area contributed by atoms with E-state index in [9.17, 15) is 9.59 Å². The summed E-state index contributed by atoms with van der Waals surface area (Å²) in [5, 5.41) is 3.13. The zero-order valence-electron chi connectivity index (χ0n) is 17.1. The molecule has 0 spiro atoms. The van der Waals surface area contributed by atoms with Gasteiger partial charge in [0.25, 0.3) is 5.91 Å². The van der Waals surface area contributed by atoms with Crippen molar-refractivity contribution in [2.75, 3.05) is 24.4 Å². The van der Waals surface area contributed by atoms with Gasteiger partial charge in [0.15, 0.2) is 0 Å². The number of ether oxygens (including phenoxy) is 2. The van der Waals surface area contributed by atoms with Gasteiger partial charge in [-0.05, 0) is 23.8 Å². The van der Waals surface area contributed by atoms with E-state index in [0.717, 1.165) is 11.3 Å². The van der Waals surface area contributed by atoms with Gasteiger partial charge in [-0.25, -0.2) is 0 Å². The normalized spacial score (nSPS) is 14.7. The molecule has 1 heterocycles. The molecule has 0 saturated heterocycles. The van der Waals surface area contributed by atoms with E-state index in [1.807, 2.05) is 30.3 Å². The summed E-state index contributed by atoms with van der Waals surface area (Å²) in [6.07, 6.45) is 0.399. The number of nitrogens with zero attached hydrogens (tertiary/aromatic N) is 1. The minimum absolute atomic E-state index is 0.238. The van der Waals surface area contributed by atoms with Crippen LogP contribution in [0.15, 0.2) is 66.7 Å². The van der Waals surface area contributed by atoms with Gasteiger partial charge >= 0.3 is 0 Å². The third kappa shape index (κ3) is 3.94. The van der Waals surface area contributed by atoms with Gasteiger partial charge in [0.1, 0.15) is 23.2 Å². The largest absolute Gasteiger partial charge is 0.497 e. The van der Waals surface area contributed by atoms with E-state index < -0.39 is 6.04 Å². The first-order valence-electron chi connectivity index (χ1n) is 9.72. The van der Waals surface area contributed by atoms with Crippen LogP contribution in [0.1, 0.15) is 15.9 Å². The Morgan fingerprint density at radius 1 is 1.00 bits per heavy atom. The lowest BCUT2D eigenvalue weighted by Crippen LogP contribution is -2.45. The number of hydrogen-bond donors (Lipinski definition) is 1. The topological polar surface area (TPSA) is 67.9 Å². The quantitative estimate of drug-likeness (QED) is 0.636. The molecule has 4 rings (SSSR count). The van der Waals surface area contributed by atoms with Crippen molar-refractivity contribution in [2.24, 2.45) is 0 Å². The number of hydrogen-bond acceptors (Lipinski definition) is 4. The maximum absolute atomic E-state index is 13.4. The van der Waals surface area contributed by atoms with Gasteiger partial charge in [-0.15, -0.1) is 0 Å². The number of nitrogens with one attached hydrogen (secondary N) is 1. The molecule has 1 aliphatic heterocycles. The van der Waals surface area contributed by atoms with Gasteiger partial charge in [-0.1, -0.05) is 48.0 Å². The highest BCUT2D eigenvalue weighted by atomic mass is 35.5. The standard InChI is InChI=1S/C24H21ClN2O4/c1-30-17-13-18(25)22(21(14-17)31-2)26-23(28)20-12-16-10-6-7-11-19(16)27(20)24(29)15-8-4-3-5-9-15/h3-11,13-14,20H,12H2,1-2H3,(H,26,28)/t20-/m1/s1. The Balaban J connectivity index is 1.68. The predicted molar refractivity (Wildman–Crippen MR) is 120 cm³/mol. The number of carbonyl (C=O) groups excluding carboxylic acids is 2. The van der Waals surface area contributed by atoms with Crippen molar-refractivity contribution in [3.63, 3.8) is 0 Å². The Morgan fingerprint density at radius 3 is 2.42 bits per heavy atom. The number of anilines is 2. The van der Waals surface area contributed by atoms with E-state index in [1.54, 1.807) is 41.3 Å². The lowest BCUT2D eigenvalue weighted by Gasteiger charge is -2.25. The van der Waals surface area contributed by atoms with Crippen LogP contribution in [0.5, 0.6) is 11.5 Å². The van der Waals surface area contributed by atoms with Gasteiger partial charge in [0.05, 0.1) is 19.2 Å². The van der Waals surface area contributed by atoms with Crippen LogP contribution in [0.25, 0.3) is 0 Å². The third-order valence-corrected chi connectivity index (χ3v) is 5.55. The number of carbonyl (C=O) groups is 2. The molecule has 0 bridgehead atoms. The number of fused-ring (bicyclic) bond motifs is 1. The van der Waals surface area contributed by atoms with E-state index in [0.29, 0.717) is 29.2 Å². The van der Waals surface area contributed by atoms with Crippen LogP contribution in [0.4, 0.5) is 11.4 Å². The average molecular weight is 437 g/mol. The smallest absolute Gasteiger partial charge is 0.259 e. The second-order valence-corrected chi connectivity index (χ2v) is 7.47. The van der Waals surface area contributed by atoms with Crippen LogP contribution >= 0.6 is 11.6 Å². The zero-order chi connectivity index (χ0) is 22.0. The minimum atomic E-state index is -0.729. The first-order chi connectivity index (χ1) is 15.0. The minimum Gasteiger partial charge on any atom is -0.497 e. The maximum Gasteiger partial charge on any atom is 0.259 e. The average Bonchev–Trinajstić information content (AvgIpc) is 3.20. The first-order valence-corrected chi connectivity index (χ1v) is 10.1. The predicted octanol–water partition coefficient (Wildman–Crippen LogP) is 4.57. The number of amides is 2. The fourth-order valence-corrected chi connectivity index (χ4v) is 3.98. The Hall–Kier alpha value is -3.51. The fraction of sp³-hybridized carbons (Fsp3) is 0.167. The third-order valence-electron chi connectivity index (χ3n) is 5.25. The molecule has 31 heavy (non-hydrogen) atoms. The van der Waals surface area contributed by atoms with Crippen LogP contribution < -0.4 is 19.7 Å². The Bertz CT molecular complexity index is 1130. The summed E-state index contributed by atoms with van der Waals surface area (Å²) >= 11 is 6.37. The van der Waals surface area contributed by atoms with Crippen molar-refractivity contribution in [2.45, 2.75) is 12.5 Å². The summed E-state index contributed by atoms with van der Waals surface area (Å²) in [6, 6.07) is 18.9. The van der Waals surface area contributed by atoms with E-state index in [4.69, 9.17) is 21.1 Å². The van der Waals surface area contributed by atoms with Gasteiger partial charge in [0.2, 0.25) is 5.91 Å². The van der Waals surface area contributed by atoms with E-state index in [1.165, 1.54) is 14.2 Å². The second kappa shape index (κ2) is 8.70. The molecular formula is C24H21ClN2O4. The summed E-state index contributed by atoms with van der Waals surface area (Å²) in [4.78, 5) is 28.2. The Morgan fingerprint density at radius 2 is 1.71 bits per heavy atom. The molecule has 0 radical (unpaired) electrons. The lowest BCUT2D eigenvalue weighted by atomic mass is 10.1. The highest BCUT2D eigenvalue weighted by Crippen LogP contribution is 2.38. The van der Waals surface area contributed by atoms with E-state index >= 15 is 0 Å². The Labute approximate surface area is 185 Å². The molecule has 0 aromatic heterocycles. The van der Waals surface area contributed by atoms with Crippen LogP contribution in [0, 0.1) is 0 Å². The molecule has 1 aliphatic rings. The molecule has 3 aromatic rings. The molecule has 6 nitrogen and oxygen atoms in total. The molecule has 2 amide bonds. The highest BCUT2D eigenvalue weighted by molar-refractivity contribution is 6.34. The summed E-state index contributed by atoms with van der Waals surface area (Å²) in [7, 11) is 3.00. The van der Waals surface area contributed by atoms with Crippen molar-refractivity contribution in [1.82, 2.24) is 0 Å². The van der Waals surface area contributed by atoms with Gasteiger partial charge in [-0.3, -0.25) is 14.5 Å². The van der Waals surface area contributed by atoms with Crippen LogP contribution in [-0.4, -0.2) is 32.1 Å². The molecule has 0 fully saturated rings. The van der Waals surface area contributed by atoms with Crippen molar-refractivity contribution in [3.05, 3.63) is 82.9 Å². The van der Waals surface area contributed by atoms with Crippen LogP contribution in [0.3, 0.4) is 0 Å². The second-order valence-electron chi connectivity index (χ2n) is 7.07. The highest BCUT2D eigenvalue weighted by Gasteiger charge is 2.39. The van der Waals surface area contributed by atoms with Gasteiger partial charge < -0.3 is 14.8 Å². The number of benzene rings is 3. The molecule has 7 heteroatoms. The molecular weight excluding hydrogens is 416 g/mol. The van der Waals surface area contributed by atoms with Crippen molar-refractivity contribution in [3.8, 4) is 11.5 Å². The summed E-state index contributed by atoms with van der Waals surface area (Å²) in [5.41, 5.74) is 2.50. The maximum atomic E-state index is 13.4. The fourth-order valence-electron chi connectivity index (χ4n) is 3.73. The Kier molecular flexibility index (Phi) is 5.82. The summed E-state index contributed by atoms with van der Waals surface area (Å²) in [5.74, 6) is 0.285. The van der Waals surface area contributed by atoms with Crippen LogP contribution in [-0.2, 0) is 11.2 Å². The summed E-state index contributed by atoms with van der Waals surface area (Å²) in [6.45, 7) is 0. The van der Waals surface area contributed by atoms with Crippen molar-refractivity contribution < 1.29 is 19.1 Å². The lowest BCUT2D eigenvalue weighted by molar-refractivity contribution is -0.117. The van der Waals surface area contributed by atoms with Crippen LogP contribution in [0.2, 0.25) is 5.02 Å². The molecule has 1 atom stereocenters. The molecule has 0 aliphatic carbocycles. The van der Waals surface area contributed by atoms with Gasteiger partial charge in [0, 0.05) is 29.8 Å². The molecule has 3 aromatic carbocycles. The number of rotatable bonds is 5. The van der Waals surface area contributed by atoms with Crippen molar-refractivity contribution >= 4 is 34.8 Å². The van der Waals surface area contributed by atoms with Gasteiger partial charge in [-0.2, -0.15) is 0 Å². The molecule has 0 saturated carbocycles. The van der Waals surface area contributed by atoms with E-state index in [2.05, 4.69) is 5.32 Å². The monoisotopic (exact) mass is 436 g/mol. The number of halogens is 1.